The molecule has 0 aromatic heterocycles. The van der Waals surface area contributed by atoms with Crippen molar-refractivity contribution in [3.63, 3.8) is 0 Å². The van der Waals surface area contributed by atoms with E-state index >= 15 is 0 Å². The van der Waals surface area contributed by atoms with Gasteiger partial charge in [-0.25, -0.2) is 0 Å². The normalized spacial score (nSPS) is 17.6. The summed E-state index contributed by atoms with van der Waals surface area (Å²) in [4.78, 5) is 4.85. The van der Waals surface area contributed by atoms with Crippen LogP contribution in [0.4, 0.5) is 5.69 Å². The fourth-order valence-corrected chi connectivity index (χ4v) is 2.59. The van der Waals surface area contributed by atoms with Crippen LogP contribution < -0.4 is 10.6 Å². The van der Waals surface area contributed by atoms with Crippen LogP contribution in [-0.2, 0) is 0 Å². The summed E-state index contributed by atoms with van der Waals surface area (Å²) in [5.74, 6) is 0.322. The molecular weight excluding hydrogens is 262 g/mol. The van der Waals surface area contributed by atoms with Crippen LogP contribution in [0, 0.1) is 0 Å². The Bertz CT molecular complexity index is 485. The zero-order chi connectivity index (χ0) is 15.1. The predicted molar refractivity (Wildman–Crippen MR) is 88.5 cm³/mol. The minimum absolute atomic E-state index is 0.322. The minimum Gasteiger partial charge on any atom is -0.508 e. The van der Waals surface area contributed by atoms with E-state index in [1.807, 2.05) is 18.2 Å². The average Bonchev–Trinajstić information content (AvgIpc) is 2.53. The maximum atomic E-state index is 9.35. The quantitative estimate of drug-likeness (QED) is 0.816. The van der Waals surface area contributed by atoms with Gasteiger partial charge in [-0.15, -0.1) is 0 Å². The standard InChI is InChI=1S/C17H25N3O/c1-2-15(4-3-9-18)14-19-10-12-20(13-11-19)16-5-7-17(21)8-6-16/h3-9,21H,2,10-14,18H2,1H3/b9-3-,15-4+. The van der Waals surface area contributed by atoms with E-state index in [-0.39, 0.29) is 0 Å². The van der Waals surface area contributed by atoms with E-state index in [1.54, 1.807) is 18.3 Å². The lowest BCUT2D eigenvalue weighted by atomic mass is 10.1. The van der Waals surface area contributed by atoms with Gasteiger partial charge < -0.3 is 15.7 Å². The third-order valence-corrected chi connectivity index (χ3v) is 3.91. The Morgan fingerprint density at radius 2 is 1.86 bits per heavy atom. The molecule has 1 aromatic rings. The first-order valence-corrected chi connectivity index (χ1v) is 7.55. The van der Waals surface area contributed by atoms with Gasteiger partial charge in [0.05, 0.1) is 0 Å². The molecule has 2 rings (SSSR count). The number of hydrogen-bond acceptors (Lipinski definition) is 4. The van der Waals surface area contributed by atoms with E-state index in [0.717, 1.165) is 39.1 Å². The summed E-state index contributed by atoms with van der Waals surface area (Å²) in [5, 5.41) is 9.35. The molecule has 0 unspecified atom stereocenters. The van der Waals surface area contributed by atoms with Crippen LogP contribution in [0.5, 0.6) is 5.75 Å². The summed E-state index contributed by atoms with van der Waals surface area (Å²) in [6, 6.07) is 7.46. The fraction of sp³-hybridized carbons (Fsp3) is 0.412. The van der Waals surface area contributed by atoms with Crippen LogP contribution in [-0.4, -0.2) is 42.7 Å². The number of rotatable bonds is 5. The number of hydrogen-bond donors (Lipinski definition) is 2. The van der Waals surface area contributed by atoms with E-state index < -0.39 is 0 Å². The van der Waals surface area contributed by atoms with E-state index in [2.05, 4.69) is 22.8 Å². The lowest BCUT2D eigenvalue weighted by Crippen LogP contribution is -2.46. The van der Waals surface area contributed by atoms with E-state index in [9.17, 15) is 5.11 Å². The molecular formula is C17H25N3O. The molecule has 114 valence electrons. The first-order chi connectivity index (χ1) is 10.2. The first kappa shape index (κ1) is 15.4. The average molecular weight is 287 g/mol. The van der Waals surface area contributed by atoms with Crippen molar-refractivity contribution in [3.8, 4) is 5.75 Å². The Balaban J connectivity index is 1.86. The molecule has 4 nitrogen and oxygen atoms in total. The molecule has 1 aliphatic heterocycles. The SMILES string of the molecule is CC/C(=C\C=C/N)CN1CCN(c2ccc(O)cc2)CC1. The van der Waals surface area contributed by atoms with Gasteiger partial charge in [0.2, 0.25) is 0 Å². The third-order valence-electron chi connectivity index (χ3n) is 3.91. The van der Waals surface area contributed by atoms with Crippen LogP contribution in [0.2, 0.25) is 0 Å². The second-order valence-corrected chi connectivity index (χ2v) is 5.34. The van der Waals surface area contributed by atoms with Crippen LogP contribution >= 0.6 is 0 Å². The molecule has 21 heavy (non-hydrogen) atoms. The largest absolute Gasteiger partial charge is 0.508 e. The summed E-state index contributed by atoms with van der Waals surface area (Å²) in [5.41, 5.74) is 7.99. The number of nitrogens with zero attached hydrogens (tertiary/aromatic N) is 2. The number of allylic oxidation sites excluding steroid dienone is 2. The van der Waals surface area contributed by atoms with Crippen molar-refractivity contribution in [2.45, 2.75) is 13.3 Å². The first-order valence-electron chi connectivity index (χ1n) is 7.55. The summed E-state index contributed by atoms with van der Waals surface area (Å²) < 4.78 is 0. The summed E-state index contributed by atoms with van der Waals surface area (Å²) in [7, 11) is 0. The van der Waals surface area contributed by atoms with Gasteiger partial charge >= 0.3 is 0 Å². The lowest BCUT2D eigenvalue weighted by Gasteiger charge is -2.36. The number of piperazine rings is 1. The maximum absolute atomic E-state index is 9.35. The Morgan fingerprint density at radius 1 is 1.19 bits per heavy atom. The van der Waals surface area contributed by atoms with Crippen LogP contribution in [0.15, 0.2) is 48.2 Å². The van der Waals surface area contributed by atoms with Crippen LogP contribution in [0.3, 0.4) is 0 Å². The highest BCUT2D eigenvalue weighted by atomic mass is 16.3. The van der Waals surface area contributed by atoms with Crippen molar-refractivity contribution in [3.05, 3.63) is 48.2 Å². The topological polar surface area (TPSA) is 52.7 Å². The number of phenols is 1. The fourth-order valence-electron chi connectivity index (χ4n) is 2.59. The van der Waals surface area contributed by atoms with Gasteiger partial charge in [0.1, 0.15) is 5.75 Å². The number of benzene rings is 1. The number of aromatic hydroxyl groups is 1. The minimum atomic E-state index is 0.322. The second kappa shape index (κ2) is 7.74. The van der Waals surface area contributed by atoms with Crippen molar-refractivity contribution in [2.75, 3.05) is 37.6 Å². The Hall–Kier alpha value is -1.94. The molecule has 1 aromatic carbocycles. The van der Waals surface area contributed by atoms with Crippen LogP contribution in [0.1, 0.15) is 13.3 Å². The molecule has 0 amide bonds. The molecule has 0 radical (unpaired) electrons. The van der Waals surface area contributed by atoms with Gasteiger partial charge in [-0.2, -0.15) is 0 Å². The molecule has 1 heterocycles. The van der Waals surface area contributed by atoms with E-state index in [1.165, 1.54) is 11.3 Å². The molecule has 1 aliphatic rings. The molecule has 0 spiro atoms. The summed E-state index contributed by atoms with van der Waals surface area (Å²) in [6.07, 6.45) is 6.67. The van der Waals surface area contributed by atoms with Gasteiger partial charge in [-0.3, -0.25) is 4.90 Å². The number of nitrogens with two attached hydrogens (primary N) is 1. The van der Waals surface area contributed by atoms with Gasteiger partial charge in [-0.05, 0) is 43.0 Å². The zero-order valence-electron chi connectivity index (χ0n) is 12.7. The number of phenolic OH excluding ortho intramolecular Hbond substituents is 1. The highest BCUT2D eigenvalue weighted by Crippen LogP contribution is 2.20. The lowest BCUT2D eigenvalue weighted by molar-refractivity contribution is 0.276. The van der Waals surface area contributed by atoms with E-state index in [4.69, 9.17) is 5.73 Å². The zero-order valence-corrected chi connectivity index (χ0v) is 12.7. The molecule has 0 aliphatic carbocycles. The maximum Gasteiger partial charge on any atom is 0.115 e. The van der Waals surface area contributed by atoms with Gasteiger partial charge in [0.15, 0.2) is 0 Å². The predicted octanol–water partition coefficient (Wildman–Crippen LogP) is 2.32. The van der Waals surface area contributed by atoms with Crippen molar-refractivity contribution >= 4 is 5.69 Å². The van der Waals surface area contributed by atoms with Crippen molar-refractivity contribution in [1.29, 1.82) is 0 Å². The molecule has 1 fully saturated rings. The highest BCUT2D eigenvalue weighted by molar-refractivity contribution is 5.49. The summed E-state index contributed by atoms with van der Waals surface area (Å²) >= 11 is 0. The van der Waals surface area contributed by atoms with Crippen LogP contribution in [0.25, 0.3) is 0 Å². The third kappa shape index (κ3) is 4.53. The Labute approximate surface area is 127 Å². The van der Waals surface area contributed by atoms with Gasteiger partial charge in [0.25, 0.3) is 0 Å². The summed E-state index contributed by atoms with van der Waals surface area (Å²) in [6.45, 7) is 7.37. The Morgan fingerprint density at radius 3 is 2.43 bits per heavy atom. The highest BCUT2D eigenvalue weighted by Gasteiger charge is 2.17. The Kier molecular flexibility index (Phi) is 5.69. The van der Waals surface area contributed by atoms with E-state index in [0.29, 0.717) is 5.75 Å². The van der Waals surface area contributed by atoms with Gasteiger partial charge in [-0.1, -0.05) is 18.6 Å². The van der Waals surface area contributed by atoms with Crippen molar-refractivity contribution in [2.24, 2.45) is 5.73 Å². The van der Waals surface area contributed by atoms with Crippen molar-refractivity contribution in [1.82, 2.24) is 4.90 Å². The molecule has 4 heteroatoms. The molecule has 0 saturated carbocycles. The van der Waals surface area contributed by atoms with Gasteiger partial charge in [0, 0.05) is 38.4 Å². The molecule has 0 atom stereocenters. The smallest absolute Gasteiger partial charge is 0.115 e. The molecule has 1 saturated heterocycles. The van der Waals surface area contributed by atoms with Crippen molar-refractivity contribution < 1.29 is 5.11 Å². The second-order valence-electron chi connectivity index (χ2n) is 5.34. The number of anilines is 1. The monoisotopic (exact) mass is 287 g/mol. The molecule has 3 N–H and O–H groups in total. The molecule has 0 bridgehead atoms.